The maximum Gasteiger partial charge on any atom is 0.133 e. The molecule has 0 saturated carbocycles. The number of halogens is 2. The van der Waals surface area contributed by atoms with E-state index in [4.69, 9.17) is 0 Å². The Hall–Kier alpha value is -1.59. The largest absolute Gasteiger partial charge is 0.367 e. The number of fused-ring (bicyclic) bond motifs is 3. The van der Waals surface area contributed by atoms with Gasteiger partial charge >= 0.3 is 0 Å². The maximum absolute atomic E-state index is 14.4. The van der Waals surface area contributed by atoms with Crippen molar-refractivity contribution in [2.24, 2.45) is 0 Å². The van der Waals surface area contributed by atoms with Gasteiger partial charge in [0.1, 0.15) is 11.6 Å². The molecule has 1 N–H and O–H groups in total. The molecule has 27 heavy (non-hydrogen) atoms. The molecular weight excluding hydrogens is 362 g/mol. The summed E-state index contributed by atoms with van der Waals surface area (Å²) in [5, 5.41) is 3.50. The first-order valence-corrected chi connectivity index (χ1v) is 10.9. The zero-order valence-electron chi connectivity index (χ0n) is 15.9. The predicted octanol–water partition coefficient (Wildman–Crippen LogP) is 5.42. The van der Waals surface area contributed by atoms with Crippen molar-refractivity contribution in [3.05, 3.63) is 47.5 Å². The standard InChI is InChI=1S/C20H20F2N2S.C2H6/c21-15-3-1-4-16(22)19(15)12-9-13-14-11-23-6-5-17(14)24-7-2-8-25-18(10-12)20(13)24;1-2/h1,3-4,9-10,14,17,23H,2,5-8,11H2;1-2H3/t14?,17-;/m0./s1. The Morgan fingerprint density at radius 2 is 1.93 bits per heavy atom. The van der Waals surface area contributed by atoms with E-state index < -0.39 is 11.6 Å². The van der Waals surface area contributed by atoms with Gasteiger partial charge in [-0.1, -0.05) is 19.9 Å². The van der Waals surface area contributed by atoms with Crippen molar-refractivity contribution in [2.45, 2.75) is 43.5 Å². The van der Waals surface area contributed by atoms with Gasteiger partial charge in [-0.15, -0.1) is 11.8 Å². The highest BCUT2D eigenvalue weighted by Crippen LogP contribution is 2.51. The van der Waals surface area contributed by atoms with E-state index in [9.17, 15) is 8.78 Å². The number of nitrogens with one attached hydrogen (secondary N) is 1. The molecule has 5 rings (SSSR count). The Morgan fingerprint density at radius 1 is 1.15 bits per heavy atom. The first-order valence-electron chi connectivity index (χ1n) is 9.96. The molecular formula is C22H26F2N2S. The molecule has 0 aromatic heterocycles. The zero-order chi connectivity index (χ0) is 19.0. The third kappa shape index (κ3) is 3.15. The minimum atomic E-state index is -0.487. The van der Waals surface area contributed by atoms with E-state index in [0.717, 1.165) is 38.2 Å². The highest BCUT2D eigenvalue weighted by Gasteiger charge is 2.42. The summed E-state index contributed by atoms with van der Waals surface area (Å²) in [7, 11) is 0. The zero-order valence-corrected chi connectivity index (χ0v) is 16.7. The molecule has 0 radical (unpaired) electrons. The lowest BCUT2D eigenvalue weighted by atomic mass is 9.88. The summed E-state index contributed by atoms with van der Waals surface area (Å²) >= 11 is 1.83. The third-order valence-electron chi connectivity index (χ3n) is 5.69. The molecule has 1 saturated heterocycles. The predicted molar refractivity (Wildman–Crippen MR) is 110 cm³/mol. The van der Waals surface area contributed by atoms with Crippen molar-refractivity contribution in [1.29, 1.82) is 0 Å². The molecule has 2 aromatic carbocycles. The average Bonchev–Trinajstić information content (AvgIpc) is 2.85. The molecule has 2 nitrogen and oxygen atoms in total. The monoisotopic (exact) mass is 388 g/mol. The number of hydrogen-bond donors (Lipinski definition) is 1. The molecule has 0 aliphatic carbocycles. The van der Waals surface area contributed by atoms with Crippen molar-refractivity contribution >= 4 is 17.4 Å². The number of anilines is 1. The summed E-state index contributed by atoms with van der Waals surface area (Å²) in [5.74, 6) is 0.496. The first kappa shape index (κ1) is 18.8. The van der Waals surface area contributed by atoms with Crippen molar-refractivity contribution in [2.75, 3.05) is 30.3 Å². The van der Waals surface area contributed by atoms with Gasteiger partial charge in [0.25, 0.3) is 0 Å². The number of nitrogens with zero attached hydrogens (tertiary/aromatic N) is 1. The Labute approximate surface area is 164 Å². The van der Waals surface area contributed by atoms with E-state index >= 15 is 0 Å². The molecule has 144 valence electrons. The quantitative estimate of drug-likeness (QED) is 0.702. The molecule has 1 fully saturated rings. The normalized spacial score (nSPS) is 23.0. The van der Waals surface area contributed by atoms with E-state index in [0.29, 0.717) is 17.5 Å². The highest BCUT2D eigenvalue weighted by atomic mass is 32.2. The van der Waals surface area contributed by atoms with Crippen molar-refractivity contribution in [1.82, 2.24) is 5.32 Å². The lowest BCUT2D eigenvalue weighted by Gasteiger charge is -2.33. The number of hydrogen-bond acceptors (Lipinski definition) is 3. The number of rotatable bonds is 1. The van der Waals surface area contributed by atoms with Crippen LogP contribution in [0.25, 0.3) is 11.1 Å². The molecule has 1 unspecified atom stereocenters. The first-order chi connectivity index (χ1) is 13.2. The minimum Gasteiger partial charge on any atom is -0.367 e. The fraction of sp³-hybridized carbons (Fsp3) is 0.455. The van der Waals surface area contributed by atoms with Gasteiger partial charge in [-0.2, -0.15) is 0 Å². The summed E-state index contributed by atoms with van der Waals surface area (Å²) in [5.41, 5.74) is 3.36. The Balaban J connectivity index is 0.000000872. The molecule has 0 bridgehead atoms. The van der Waals surface area contributed by atoms with Gasteiger partial charge in [-0.25, -0.2) is 8.78 Å². The van der Waals surface area contributed by atoms with Crippen LogP contribution >= 0.6 is 11.8 Å². The Morgan fingerprint density at radius 3 is 2.70 bits per heavy atom. The van der Waals surface area contributed by atoms with Crippen LogP contribution in [0.3, 0.4) is 0 Å². The smallest absolute Gasteiger partial charge is 0.133 e. The van der Waals surface area contributed by atoms with E-state index in [1.807, 2.05) is 37.7 Å². The second-order valence-electron chi connectivity index (χ2n) is 7.07. The Bertz CT molecular complexity index is 819. The molecule has 5 heteroatoms. The molecule has 3 aliphatic rings. The van der Waals surface area contributed by atoms with Crippen LogP contribution in [-0.4, -0.2) is 31.4 Å². The SMILES string of the molecule is CC.Fc1cccc(F)c1-c1cc2c3c(c1)C1CNCC[C@@H]1N3CCCS2. The second kappa shape index (κ2) is 7.80. The van der Waals surface area contributed by atoms with Crippen molar-refractivity contribution in [3.63, 3.8) is 0 Å². The van der Waals surface area contributed by atoms with Crippen LogP contribution in [0.5, 0.6) is 0 Å². The lowest BCUT2D eigenvalue weighted by Crippen LogP contribution is -2.44. The third-order valence-corrected chi connectivity index (χ3v) is 6.80. The van der Waals surface area contributed by atoms with Crippen LogP contribution in [-0.2, 0) is 0 Å². The van der Waals surface area contributed by atoms with Gasteiger partial charge in [0.05, 0.1) is 11.3 Å². The number of benzene rings is 2. The Kier molecular flexibility index (Phi) is 5.42. The topological polar surface area (TPSA) is 15.3 Å². The van der Waals surface area contributed by atoms with Gasteiger partial charge < -0.3 is 10.2 Å². The summed E-state index contributed by atoms with van der Waals surface area (Å²) in [4.78, 5) is 3.75. The summed E-state index contributed by atoms with van der Waals surface area (Å²) in [6.45, 7) is 7.08. The maximum atomic E-state index is 14.4. The van der Waals surface area contributed by atoms with Gasteiger partial charge in [0, 0.05) is 29.9 Å². The van der Waals surface area contributed by atoms with Crippen LogP contribution in [0.1, 0.15) is 38.2 Å². The second-order valence-corrected chi connectivity index (χ2v) is 8.21. The summed E-state index contributed by atoms with van der Waals surface area (Å²) < 4.78 is 28.7. The van der Waals surface area contributed by atoms with Crippen LogP contribution < -0.4 is 10.2 Å². The fourth-order valence-corrected chi connectivity index (χ4v) is 5.72. The van der Waals surface area contributed by atoms with E-state index in [-0.39, 0.29) is 5.56 Å². The van der Waals surface area contributed by atoms with Crippen molar-refractivity contribution < 1.29 is 8.78 Å². The van der Waals surface area contributed by atoms with Gasteiger partial charge in [0.2, 0.25) is 0 Å². The summed E-state index contributed by atoms with van der Waals surface area (Å²) in [6.07, 6.45) is 2.28. The van der Waals surface area contributed by atoms with Gasteiger partial charge in [-0.05, 0) is 60.5 Å². The van der Waals surface area contributed by atoms with Crippen molar-refractivity contribution in [3.8, 4) is 11.1 Å². The van der Waals surface area contributed by atoms with E-state index in [1.165, 1.54) is 34.3 Å². The molecule has 0 amide bonds. The van der Waals surface area contributed by atoms with Crippen LogP contribution in [0.2, 0.25) is 0 Å². The van der Waals surface area contributed by atoms with Gasteiger partial charge in [-0.3, -0.25) is 0 Å². The molecule has 2 atom stereocenters. The van der Waals surface area contributed by atoms with Crippen LogP contribution in [0.15, 0.2) is 35.2 Å². The molecule has 2 aromatic rings. The van der Waals surface area contributed by atoms with Crippen LogP contribution in [0, 0.1) is 11.6 Å². The number of piperidine rings is 1. The van der Waals surface area contributed by atoms with Gasteiger partial charge in [0.15, 0.2) is 0 Å². The molecule has 3 heterocycles. The lowest BCUT2D eigenvalue weighted by molar-refractivity contribution is 0.403. The summed E-state index contributed by atoms with van der Waals surface area (Å²) in [6, 6.07) is 8.66. The molecule has 3 aliphatic heterocycles. The van der Waals surface area contributed by atoms with E-state index in [1.54, 1.807) is 0 Å². The number of thioether (sulfide) groups is 1. The fourth-order valence-electron chi connectivity index (χ4n) is 4.64. The van der Waals surface area contributed by atoms with Crippen LogP contribution in [0.4, 0.5) is 14.5 Å². The molecule has 0 spiro atoms. The highest BCUT2D eigenvalue weighted by molar-refractivity contribution is 7.99. The minimum absolute atomic E-state index is 0.102. The van der Waals surface area contributed by atoms with E-state index in [2.05, 4.69) is 10.2 Å². The average molecular weight is 389 g/mol.